The number of hydrogen-bond acceptors (Lipinski definition) is 23. The molecule has 5 aromatic rings. The zero-order valence-corrected chi connectivity index (χ0v) is 34.3. The lowest BCUT2D eigenvalue weighted by Crippen LogP contribution is -2.37. The molecular weight excluding hydrogens is 904 g/mol. The van der Waals surface area contributed by atoms with Crippen LogP contribution in [0.3, 0.4) is 0 Å². The SMILES string of the molecule is Nc1ncnc2c1ncn2[C@@H]1O[C@H](COP(=O)(O)OP(=O)(O)OP(=O)(O)OP(=O)(O)OC[C@H]2O[C@H](n3cnc4c(N)ncnc43)[C@@H](O)[C@H]2OCCc2ccccc2)[C@@H](O)[C@H]1O. The lowest BCUT2D eigenvalue weighted by atomic mass is 10.1. The number of phosphoric acid groups is 4. The molecule has 0 spiro atoms. The maximum absolute atomic E-state index is 12.9. The Morgan fingerprint density at radius 2 is 1.10 bits per heavy atom. The third-order valence-corrected chi connectivity index (χ3v) is 14.8. The van der Waals surface area contributed by atoms with E-state index in [0.29, 0.717) is 6.42 Å². The number of nitrogen functional groups attached to an aromatic ring is 2. The van der Waals surface area contributed by atoms with Crippen LogP contribution in [0.4, 0.5) is 11.6 Å². The average molecular weight is 941 g/mol. The molecule has 1 aromatic carbocycles. The second-order valence-corrected chi connectivity index (χ2v) is 19.3. The van der Waals surface area contributed by atoms with E-state index < -0.39 is 93.6 Å². The van der Waals surface area contributed by atoms with Gasteiger partial charge in [0.05, 0.1) is 32.5 Å². The zero-order valence-electron chi connectivity index (χ0n) is 30.7. The number of benzene rings is 1. The third-order valence-electron chi connectivity index (χ3n) is 8.94. The molecule has 7 rings (SSSR count). The highest BCUT2D eigenvalue weighted by Gasteiger charge is 2.50. The molecule has 0 bridgehead atoms. The number of aliphatic hydroxyl groups is 3. The van der Waals surface area contributed by atoms with Crippen LogP contribution in [0.25, 0.3) is 22.3 Å². The van der Waals surface area contributed by atoms with Crippen molar-refractivity contribution in [2.24, 2.45) is 0 Å². The van der Waals surface area contributed by atoms with E-state index in [9.17, 15) is 53.2 Å². The molecule has 2 aliphatic heterocycles. The molecule has 4 unspecified atom stereocenters. The van der Waals surface area contributed by atoms with Crippen molar-refractivity contribution < 1.29 is 89.3 Å². The molecule has 332 valence electrons. The maximum Gasteiger partial charge on any atom is 0.490 e. The third kappa shape index (κ3) is 10.4. The predicted molar refractivity (Wildman–Crippen MR) is 200 cm³/mol. The molecule has 2 saturated heterocycles. The van der Waals surface area contributed by atoms with Gasteiger partial charge in [-0.25, -0.2) is 48.2 Å². The van der Waals surface area contributed by atoms with Crippen molar-refractivity contribution in [2.45, 2.75) is 55.5 Å². The van der Waals surface area contributed by atoms with E-state index in [0.717, 1.165) is 24.5 Å². The quantitative estimate of drug-likeness (QED) is 0.0514. The minimum Gasteiger partial charge on any atom is -0.387 e. The Morgan fingerprint density at radius 3 is 1.64 bits per heavy atom. The van der Waals surface area contributed by atoms with Gasteiger partial charge in [-0.2, -0.15) is 12.9 Å². The van der Waals surface area contributed by atoms with Gasteiger partial charge in [0.1, 0.15) is 60.3 Å². The van der Waals surface area contributed by atoms with Crippen LogP contribution >= 0.6 is 31.3 Å². The molecule has 2 fully saturated rings. The zero-order chi connectivity index (χ0) is 43.9. The summed E-state index contributed by atoms with van der Waals surface area (Å²) in [7, 11) is -24.0. The summed E-state index contributed by atoms with van der Waals surface area (Å²) < 4.78 is 91.8. The van der Waals surface area contributed by atoms with Crippen molar-refractivity contribution in [3.05, 3.63) is 61.2 Å². The average Bonchev–Trinajstić information content (AvgIpc) is 3.94. The second-order valence-electron chi connectivity index (χ2n) is 13.0. The lowest BCUT2D eigenvalue weighted by Gasteiger charge is -2.23. The molecule has 33 heteroatoms. The number of anilines is 2. The number of aliphatic hydroxyl groups excluding tert-OH is 3. The van der Waals surface area contributed by atoms with Crippen LogP contribution < -0.4 is 11.5 Å². The van der Waals surface area contributed by atoms with Crippen LogP contribution in [0.2, 0.25) is 0 Å². The van der Waals surface area contributed by atoms with Gasteiger partial charge in [0.15, 0.2) is 35.4 Å². The van der Waals surface area contributed by atoms with E-state index >= 15 is 0 Å². The van der Waals surface area contributed by atoms with Gasteiger partial charge >= 0.3 is 31.3 Å². The first-order valence-corrected chi connectivity index (χ1v) is 23.3. The van der Waals surface area contributed by atoms with Crippen molar-refractivity contribution in [3.8, 4) is 0 Å². The molecule has 0 radical (unpaired) electrons. The van der Waals surface area contributed by atoms with Crippen LogP contribution in [0, 0.1) is 0 Å². The fourth-order valence-corrected chi connectivity index (χ4v) is 11.2. The van der Waals surface area contributed by atoms with Gasteiger partial charge in [-0.15, -0.1) is 0 Å². The second kappa shape index (κ2) is 17.8. The van der Waals surface area contributed by atoms with Gasteiger partial charge in [-0.3, -0.25) is 18.2 Å². The highest BCUT2D eigenvalue weighted by atomic mass is 31.3. The van der Waals surface area contributed by atoms with Gasteiger partial charge in [0.25, 0.3) is 0 Å². The molecular formula is C28H36N10O19P4. The predicted octanol–water partition coefficient (Wildman–Crippen LogP) is -0.179. The molecule has 61 heavy (non-hydrogen) atoms. The Labute approximate surface area is 341 Å². The fraction of sp³-hybridized carbons (Fsp3) is 0.429. The number of nitrogens with zero attached hydrogens (tertiary/aromatic N) is 8. The monoisotopic (exact) mass is 940 g/mol. The Balaban J connectivity index is 0.952. The van der Waals surface area contributed by atoms with Gasteiger partial charge < -0.3 is 60.6 Å². The summed E-state index contributed by atoms with van der Waals surface area (Å²) in [6, 6.07) is 9.05. The molecule has 12 atom stereocenters. The normalized spacial score (nSPS) is 28.4. The Morgan fingerprint density at radius 1 is 0.623 bits per heavy atom. The van der Waals surface area contributed by atoms with Gasteiger partial charge in [-0.1, -0.05) is 30.3 Å². The van der Waals surface area contributed by atoms with Crippen molar-refractivity contribution in [1.29, 1.82) is 0 Å². The summed E-state index contributed by atoms with van der Waals surface area (Å²) in [6.07, 6.45) is -7.06. The van der Waals surface area contributed by atoms with Gasteiger partial charge in [-0.05, 0) is 12.0 Å². The number of imidazole rings is 2. The summed E-state index contributed by atoms with van der Waals surface area (Å²) in [5.74, 6) is 0.00790. The standard InChI is InChI=1S/C28H36N10O19P4/c29-23-17-25(33-10-31-23)37(12-35-17)27-20(40)19(39)15(53-27)8-51-58(42,43)55-60(46,47)57-61(48,49)56-59(44,45)52-9-16-22(50-7-6-14-4-2-1-3-5-14)21(41)28(54-16)38-13-36-18-24(30)32-11-34-26(18)38/h1-5,10-13,15-16,19-22,27-28,39-41H,6-9H2,(H,42,43)(H,44,45)(H,46,47)(H,48,49)(H2,29,31,33)(H2,30,32,34)/t15-,16-,19-,20-,21+,22+,27-,28+/m1/s1. The Bertz CT molecular complexity index is 2560. The molecule has 0 amide bonds. The first-order valence-electron chi connectivity index (χ1n) is 17.3. The van der Waals surface area contributed by atoms with E-state index in [2.05, 4.69) is 47.4 Å². The summed E-state index contributed by atoms with van der Waals surface area (Å²) in [5.41, 5.74) is 13.0. The molecule has 0 saturated carbocycles. The van der Waals surface area contributed by atoms with E-state index in [1.54, 1.807) is 12.1 Å². The highest BCUT2D eigenvalue weighted by Crippen LogP contribution is 2.71. The lowest BCUT2D eigenvalue weighted by molar-refractivity contribution is -0.0588. The number of fused-ring (bicyclic) bond motifs is 2. The number of hydrogen-bond donors (Lipinski definition) is 9. The molecule has 2 aliphatic rings. The summed E-state index contributed by atoms with van der Waals surface area (Å²) in [5, 5.41) is 32.4. The minimum atomic E-state index is -6.21. The number of phosphoric ester groups is 2. The van der Waals surface area contributed by atoms with Crippen LogP contribution in [0.1, 0.15) is 18.0 Å². The van der Waals surface area contributed by atoms with E-state index in [-0.39, 0.29) is 40.6 Å². The Kier molecular flexibility index (Phi) is 13.2. The van der Waals surface area contributed by atoms with E-state index in [1.165, 1.54) is 15.5 Å². The molecule has 6 heterocycles. The minimum absolute atomic E-state index is 0.000699. The topological polar surface area (TPSA) is 423 Å². The Hall–Kier alpha value is -3.76. The number of nitrogens with two attached hydrogens (primary N) is 2. The fourth-order valence-electron chi connectivity index (χ4n) is 6.26. The van der Waals surface area contributed by atoms with Crippen molar-refractivity contribution in [1.82, 2.24) is 39.0 Å². The molecule has 4 aromatic heterocycles. The van der Waals surface area contributed by atoms with E-state index in [4.69, 9.17) is 30.2 Å². The summed E-state index contributed by atoms with van der Waals surface area (Å²) in [6.45, 7) is -2.09. The van der Waals surface area contributed by atoms with E-state index in [1.807, 2.05) is 18.2 Å². The number of rotatable bonds is 18. The van der Waals surface area contributed by atoms with Crippen molar-refractivity contribution in [3.63, 3.8) is 0 Å². The van der Waals surface area contributed by atoms with Crippen LogP contribution in [-0.2, 0) is 60.9 Å². The largest absolute Gasteiger partial charge is 0.490 e. The van der Waals surface area contributed by atoms with Crippen LogP contribution in [0.5, 0.6) is 0 Å². The first-order chi connectivity index (χ1) is 28.7. The summed E-state index contributed by atoms with van der Waals surface area (Å²) >= 11 is 0. The highest BCUT2D eigenvalue weighted by molar-refractivity contribution is 7.69. The maximum atomic E-state index is 12.9. The first kappa shape index (κ1) is 45.3. The van der Waals surface area contributed by atoms with Crippen molar-refractivity contribution in [2.75, 3.05) is 31.3 Å². The molecule has 11 N–H and O–H groups in total. The van der Waals surface area contributed by atoms with Crippen molar-refractivity contribution >= 4 is 65.3 Å². The number of ether oxygens (including phenoxy) is 3. The van der Waals surface area contributed by atoms with Crippen LogP contribution in [0.15, 0.2) is 55.6 Å². The van der Waals surface area contributed by atoms with Gasteiger partial charge in [0.2, 0.25) is 0 Å². The summed E-state index contributed by atoms with van der Waals surface area (Å²) in [4.78, 5) is 64.4. The molecule has 0 aliphatic carbocycles. The van der Waals surface area contributed by atoms with Crippen LogP contribution in [-0.4, -0.2) is 130 Å². The molecule has 29 nitrogen and oxygen atoms in total. The smallest absolute Gasteiger partial charge is 0.387 e. The van der Waals surface area contributed by atoms with Gasteiger partial charge in [0, 0.05) is 0 Å². The number of aromatic nitrogens is 8.